The predicted octanol–water partition coefficient (Wildman–Crippen LogP) is 2.32. The molecule has 3 saturated carbocycles. The summed E-state index contributed by atoms with van der Waals surface area (Å²) in [4.78, 5) is 27.7. The molecule has 0 aromatic heterocycles. The Bertz CT molecular complexity index is 1760. The SMILES string of the molecule is O=C1CC[C@@]2(O)[C@H]3Cc4ccc(O)c5c4[C@@]2(CCN3)[C@H]1O5.O=C1CC[C@@]2(O)[C@H]3Cc4ccc(O)c5c4[C@@]2(CCN3CC2CCC2)[C@H]1O5. The first-order valence-electron chi connectivity index (χ1n) is 17.6. The smallest absolute Gasteiger partial charge is 0.174 e. The predicted molar refractivity (Wildman–Crippen MR) is 168 cm³/mol. The molecule has 2 aromatic carbocycles. The topological polar surface area (TPSA) is 149 Å². The van der Waals surface area contributed by atoms with Crippen molar-refractivity contribution in [1.82, 2.24) is 10.2 Å². The summed E-state index contributed by atoms with van der Waals surface area (Å²) in [7, 11) is 0. The van der Waals surface area contributed by atoms with Gasteiger partial charge in [-0.05, 0) is 93.6 Å². The average molecular weight is 643 g/mol. The van der Waals surface area contributed by atoms with E-state index in [9.17, 15) is 30.0 Å². The highest BCUT2D eigenvalue weighted by molar-refractivity contribution is 5.91. The molecule has 10 heteroatoms. The lowest BCUT2D eigenvalue weighted by molar-refractivity contribution is -0.190. The molecule has 248 valence electrons. The zero-order valence-corrected chi connectivity index (χ0v) is 26.5. The van der Waals surface area contributed by atoms with Gasteiger partial charge in [-0.15, -0.1) is 0 Å². The number of phenols is 2. The van der Waals surface area contributed by atoms with Crippen molar-refractivity contribution >= 4 is 11.6 Å². The van der Waals surface area contributed by atoms with Gasteiger partial charge in [0.2, 0.25) is 0 Å². The molecule has 9 aliphatic rings. The van der Waals surface area contributed by atoms with E-state index in [0.29, 0.717) is 50.0 Å². The van der Waals surface area contributed by atoms with Gasteiger partial charge in [0.15, 0.2) is 46.8 Å². The molecule has 11 rings (SSSR count). The van der Waals surface area contributed by atoms with Crippen LogP contribution in [0.15, 0.2) is 24.3 Å². The second-order valence-corrected chi connectivity index (χ2v) is 15.8. The summed E-state index contributed by atoms with van der Waals surface area (Å²) in [6.07, 6.45) is 7.19. The number of hydrogen-bond acceptors (Lipinski definition) is 10. The lowest BCUT2D eigenvalue weighted by Gasteiger charge is -2.63. The van der Waals surface area contributed by atoms with Crippen LogP contribution in [-0.4, -0.2) is 92.0 Å². The zero-order valence-electron chi connectivity index (χ0n) is 26.5. The highest BCUT2D eigenvalue weighted by Crippen LogP contribution is 2.66. The maximum atomic E-state index is 12.8. The molecule has 2 saturated heterocycles. The number of nitrogens with one attached hydrogen (secondary N) is 1. The third kappa shape index (κ3) is 3.27. The van der Waals surface area contributed by atoms with Crippen LogP contribution in [0.25, 0.3) is 0 Å². The van der Waals surface area contributed by atoms with Gasteiger partial charge in [-0.3, -0.25) is 14.5 Å². The fraction of sp³-hybridized carbons (Fsp3) is 0.622. The van der Waals surface area contributed by atoms with Crippen LogP contribution in [0, 0.1) is 5.92 Å². The van der Waals surface area contributed by atoms with Crippen molar-refractivity contribution in [2.45, 2.75) is 117 Å². The van der Waals surface area contributed by atoms with E-state index in [1.54, 1.807) is 12.1 Å². The van der Waals surface area contributed by atoms with E-state index >= 15 is 0 Å². The van der Waals surface area contributed by atoms with Crippen LogP contribution in [-0.2, 0) is 33.3 Å². The average Bonchev–Trinajstić information content (AvgIpc) is 3.57. The van der Waals surface area contributed by atoms with Gasteiger partial charge in [0.05, 0.1) is 22.0 Å². The first-order chi connectivity index (χ1) is 22.6. The van der Waals surface area contributed by atoms with Gasteiger partial charge in [-0.1, -0.05) is 18.6 Å². The van der Waals surface area contributed by atoms with Gasteiger partial charge in [0.1, 0.15) is 0 Å². The number of aromatic hydroxyl groups is 2. The van der Waals surface area contributed by atoms with Gasteiger partial charge in [0.25, 0.3) is 0 Å². The lowest BCUT2D eigenvalue weighted by Crippen LogP contribution is -2.76. The van der Waals surface area contributed by atoms with Crippen molar-refractivity contribution in [3.8, 4) is 23.0 Å². The molecule has 47 heavy (non-hydrogen) atoms. The van der Waals surface area contributed by atoms with Gasteiger partial charge < -0.3 is 35.2 Å². The number of hydrogen-bond donors (Lipinski definition) is 5. The second-order valence-electron chi connectivity index (χ2n) is 15.8. The Hall–Kier alpha value is -3.18. The summed E-state index contributed by atoms with van der Waals surface area (Å²) in [6.45, 7) is 2.71. The fourth-order valence-electron chi connectivity index (χ4n) is 11.9. The first kappa shape index (κ1) is 28.8. The summed E-state index contributed by atoms with van der Waals surface area (Å²) in [5.41, 5.74) is 0.781. The number of likely N-dealkylation sites (tertiary alicyclic amines) is 1. The molecular formula is C37H42N2O8. The minimum absolute atomic E-state index is 0.0408. The normalized spacial score (nSPS) is 41.5. The maximum absolute atomic E-state index is 12.8. The number of Topliss-reactive ketones (excluding diaryl/α,β-unsaturated/α-hetero) is 2. The van der Waals surface area contributed by atoms with E-state index in [4.69, 9.17) is 9.47 Å². The number of benzene rings is 2. The summed E-state index contributed by atoms with van der Waals surface area (Å²) < 4.78 is 12.0. The Morgan fingerprint density at radius 1 is 0.787 bits per heavy atom. The number of ketones is 2. The minimum atomic E-state index is -0.962. The highest BCUT2D eigenvalue weighted by atomic mass is 16.5. The number of aliphatic hydroxyl groups is 2. The Kier molecular flexibility index (Phi) is 5.69. The summed E-state index contributed by atoms with van der Waals surface area (Å²) in [5.74, 6) is 1.92. The highest BCUT2D eigenvalue weighted by Gasteiger charge is 2.74. The number of carbonyl (C=O) groups excluding carboxylic acids is 2. The molecule has 5 N–H and O–H groups in total. The molecule has 10 nitrogen and oxygen atoms in total. The molecule has 8 atom stereocenters. The maximum Gasteiger partial charge on any atom is 0.174 e. The van der Waals surface area contributed by atoms with Crippen molar-refractivity contribution in [2.24, 2.45) is 5.92 Å². The number of nitrogens with zero attached hydrogens (tertiary/aromatic N) is 1. The molecule has 5 fully saturated rings. The van der Waals surface area contributed by atoms with Crippen molar-refractivity contribution in [1.29, 1.82) is 0 Å². The van der Waals surface area contributed by atoms with Crippen LogP contribution in [0.2, 0.25) is 0 Å². The van der Waals surface area contributed by atoms with Crippen LogP contribution in [0.1, 0.15) is 80.0 Å². The van der Waals surface area contributed by atoms with Crippen molar-refractivity contribution < 1.29 is 39.5 Å². The molecule has 4 heterocycles. The molecule has 2 aromatic rings. The Morgan fingerprint density at radius 2 is 1.38 bits per heavy atom. The second kappa shape index (κ2) is 9.28. The molecule has 0 unspecified atom stereocenters. The van der Waals surface area contributed by atoms with E-state index in [1.165, 1.54) is 19.3 Å². The largest absolute Gasteiger partial charge is 0.504 e. The van der Waals surface area contributed by atoms with Crippen molar-refractivity contribution in [3.63, 3.8) is 0 Å². The quantitative estimate of drug-likeness (QED) is 0.331. The molecule has 0 amide bonds. The number of piperidine rings is 2. The number of phenolic OH excluding ortho intramolecular Hbond substituents is 2. The Balaban J connectivity index is 0.000000124. The van der Waals surface area contributed by atoms with Crippen LogP contribution >= 0.6 is 0 Å². The number of ether oxygens (including phenoxy) is 2. The molecular weight excluding hydrogens is 600 g/mol. The monoisotopic (exact) mass is 642 g/mol. The van der Waals surface area contributed by atoms with Crippen LogP contribution in [0.5, 0.6) is 23.0 Å². The van der Waals surface area contributed by atoms with Crippen molar-refractivity contribution in [2.75, 3.05) is 19.6 Å². The molecule has 0 radical (unpaired) electrons. The summed E-state index contributed by atoms with van der Waals surface area (Å²) >= 11 is 0. The lowest BCUT2D eigenvalue weighted by atomic mass is 9.49. The molecule has 5 aliphatic carbocycles. The number of carbonyl (C=O) groups is 2. The Morgan fingerprint density at radius 3 is 2.00 bits per heavy atom. The zero-order chi connectivity index (χ0) is 32.1. The van der Waals surface area contributed by atoms with Crippen molar-refractivity contribution in [3.05, 3.63) is 46.5 Å². The van der Waals surface area contributed by atoms with E-state index in [0.717, 1.165) is 60.6 Å². The summed E-state index contributed by atoms with van der Waals surface area (Å²) in [5, 5.41) is 47.4. The van der Waals surface area contributed by atoms with E-state index in [2.05, 4.69) is 10.2 Å². The minimum Gasteiger partial charge on any atom is -0.504 e. The van der Waals surface area contributed by atoms with Gasteiger partial charge >= 0.3 is 0 Å². The number of rotatable bonds is 2. The first-order valence-corrected chi connectivity index (χ1v) is 17.6. The third-order valence-electron chi connectivity index (χ3n) is 14.2. The van der Waals surface area contributed by atoms with Gasteiger partial charge in [-0.2, -0.15) is 0 Å². The fourth-order valence-corrected chi connectivity index (χ4v) is 11.9. The molecule has 4 aliphatic heterocycles. The standard InChI is InChI=1S/C21H25NO4.C16H17NO4/c23-14-5-4-13-10-16-21(25)7-6-15(24)19-20(21,17(13)18(14)26-19)8-9-22(16)11-12-2-1-3-12;18-9-2-1-8-7-11-16(20)4-3-10(19)14-15(16,5-6-17-11)12(8)13(9)21-14/h4-5,12,16,19,23,25H,1-3,6-11H2;1-2,11,14,17-18,20H,3-7H2/t16-,19+,20+,21-;11-,14+,15+,16-/m11/s1. The van der Waals surface area contributed by atoms with E-state index in [-0.39, 0.29) is 35.1 Å². The van der Waals surface area contributed by atoms with E-state index < -0.39 is 34.2 Å². The van der Waals surface area contributed by atoms with Gasteiger partial charge in [-0.25, -0.2) is 0 Å². The van der Waals surface area contributed by atoms with Crippen LogP contribution in [0.4, 0.5) is 0 Å². The van der Waals surface area contributed by atoms with Crippen LogP contribution < -0.4 is 14.8 Å². The van der Waals surface area contributed by atoms with Gasteiger partial charge in [0, 0.05) is 42.6 Å². The van der Waals surface area contributed by atoms with Crippen LogP contribution in [0.3, 0.4) is 0 Å². The van der Waals surface area contributed by atoms with E-state index in [1.807, 2.05) is 12.1 Å². The molecule has 4 bridgehead atoms. The Labute approximate surface area is 273 Å². The third-order valence-corrected chi connectivity index (χ3v) is 14.2. The molecule has 2 spiro atoms. The summed E-state index contributed by atoms with van der Waals surface area (Å²) in [6, 6.07) is 7.18.